The van der Waals surface area contributed by atoms with Crippen molar-refractivity contribution in [2.45, 2.75) is 45.8 Å². The summed E-state index contributed by atoms with van der Waals surface area (Å²) >= 11 is 0. The number of ether oxygens (including phenoxy) is 1. The monoisotopic (exact) mass is 300 g/mol. The lowest BCUT2D eigenvalue weighted by molar-refractivity contribution is 0.00811. The maximum Gasteiger partial charge on any atom is 0.257 e. The summed E-state index contributed by atoms with van der Waals surface area (Å²) in [6, 6.07) is 2.19. The average molecular weight is 300 g/mol. The second kappa shape index (κ2) is 4.78. The van der Waals surface area contributed by atoms with Gasteiger partial charge >= 0.3 is 0 Å². The summed E-state index contributed by atoms with van der Waals surface area (Å²) in [5.41, 5.74) is 3.84. The van der Waals surface area contributed by atoms with Crippen LogP contribution in [0.25, 0.3) is 5.65 Å². The van der Waals surface area contributed by atoms with Gasteiger partial charge in [0.25, 0.3) is 5.91 Å². The van der Waals surface area contributed by atoms with Crippen LogP contribution in [0, 0.1) is 26.7 Å². The summed E-state index contributed by atoms with van der Waals surface area (Å²) in [6.07, 6.45) is 2.30. The highest BCUT2D eigenvalue weighted by molar-refractivity contribution is 6.01. The van der Waals surface area contributed by atoms with E-state index >= 15 is 0 Å². The fraction of sp³-hybridized carbons (Fsp3) is 0.562. The van der Waals surface area contributed by atoms with Crippen molar-refractivity contribution in [2.75, 3.05) is 6.61 Å². The molecule has 1 amide bonds. The molecule has 0 radical (unpaired) electrons. The molecular weight excluding hydrogens is 280 g/mol. The van der Waals surface area contributed by atoms with Gasteiger partial charge in [-0.2, -0.15) is 5.10 Å². The highest BCUT2D eigenvalue weighted by Gasteiger charge is 2.46. The average Bonchev–Trinajstić information content (AvgIpc) is 2.96. The molecule has 2 aliphatic rings. The van der Waals surface area contributed by atoms with E-state index in [1.807, 2.05) is 26.8 Å². The number of aromatic nitrogens is 3. The Kier molecular flexibility index (Phi) is 2.97. The Balaban J connectivity index is 1.65. The van der Waals surface area contributed by atoms with Crippen molar-refractivity contribution in [3.63, 3.8) is 0 Å². The summed E-state index contributed by atoms with van der Waals surface area (Å²) in [4.78, 5) is 17.2. The first-order chi connectivity index (χ1) is 10.5. The van der Waals surface area contributed by atoms with E-state index < -0.39 is 0 Å². The van der Waals surface area contributed by atoms with Crippen LogP contribution in [0.1, 0.15) is 40.3 Å². The number of rotatable bonds is 2. The molecule has 0 aromatic carbocycles. The largest absolute Gasteiger partial charge is 0.378 e. The van der Waals surface area contributed by atoms with Crippen LogP contribution in [0.5, 0.6) is 0 Å². The van der Waals surface area contributed by atoms with E-state index in [0.29, 0.717) is 23.2 Å². The lowest BCUT2D eigenvalue weighted by Gasteiger charge is -2.39. The Morgan fingerprint density at radius 2 is 2.23 bits per heavy atom. The summed E-state index contributed by atoms with van der Waals surface area (Å²) < 4.78 is 7.35. The highest BCUT2D eigenvalue weighted by atomic mass is 16.5. The Morgan fingerprint density at radius 3 is 3.00 bits per heavy atom. The van der Waals surface area contributed by atoms with Crippen LogP contribution in [0.15, 0.2) is 6.07 Å². The van der Waals surface area contributed by atoms with Gasteiger partial charge in [-0.05, 0) is 39.7 Å². The zero-order chi connectivity index (χ0) is 15.4. The summed E-state index contributed by atoms with van der Waals surface area (Å²) in [5.74, 6) is 0.405. The predicted octanol–water partition coefficient (Wildman–Crippen LogP) is 1.56. The number of hydrogen-bond acceptors (Lipinski definition) is 4. The third kappa shape index (κ3) is 1.94. The van der Waals surface area contributed by atoms with E-state index in [-0.39, 0.29) is 11.9 Å². The van der Waals surface area contributed by atoms with Gasteiger partial charge in [-0.15, -0.1) is 0 Å². The second-order valence-electron chi connectivity index (χ2n) is 6.41. The minimum Gasteiger partial charge on any atom is -0.378 e. The lowest BCUT2D eigenvalue weighted by atomic mass is 9.76. The molecular formula is C16H20N4O2. The molecule has 1 aliphatic carbocycles. The first-order valence-electron chi connectivity index (χ1n) is 7.80. The molecule has 22 heavy (non-hydrogen) atoms. The van der Waals surface area contributed by atoms with Crippen LogP contribution >= 0.6 is 0 Å². The van der Waals surface area contributed by atoms with Gasteiger partial charge in [-0.1, -0.05) is 0 Å². The van der Waals surface area contributed by atoms with Gasteiger partial charge in [0, 0.05) is 30.0 Å². The SMILES string of the molecule is Cc1cc(C)n2nc(C)c(C(=O)N[C@H]3C[C@@H]4OCC[C@H]34)c2n1. The molecule has 6 heteroatoms. The highest BCUT2D eigenvalue weighted by Crippen LogP contribution is 2.38. The fourth-order valence-electron chi connectivity index (χ4n) is 3.70. The molecule has 0 unspecified atom stereocenters. The van der Waals surface area contributed by atoms with Crippen molar-refractivity contribution in [2.24, 2.45) is 5.92 Å². The molecule has 2 fully saturated rings. The molecule has 3 atom stereocenters. The maximum atomic E-state index is 12.7. The summed E-state index contributed by atoms with van der Waals surface area (Å²) in [7, 11) is 0. The molecule has 0 bridgehead atoms. The molecule has 1 aliphatic heterocycles. The van der Waals surface area contributed by atoms with E-state index in [1.54, 1.807) is 4.52 Å². The molecule has 1 saturated heterocycles. The topological polar surface area (TPSA) is 68.5 Å². The minimum absolute atomic E-state index is 0.0691. The van der Waals surface area contributed by atoms with E-state index in [2.05, 4.69) is 15.4 Å². The van der Waals surface area contributed by atoms with Gasteiger partial charge in [-0.25, -0.2) is 9.50 Å². The second-order valence-corrected chi connectivity index (χ2v) is 6.41. The number of carbonyl (C=O) groups excluding carboxylic acids is 1. The Hall–Kier alpha value is -1.95. The number of amides is 1. The third-order valence-corrected chi connectivity index (χ3v) is 4.88. The Labute approximate surface area is 128 Å². The van der Waals surface area contributed by atoms with Crippen molar-refractivity contribution in [3.8, 4) is 0 Å². The van der Waals surface area contributed by atoms with Crippen molar-refractivity contribution in [3.05, 3.63) is 28.7 Å². The quantitative estimate of drug-likeness (QED) is 0.914. The van der Waals surface area contributed by atoms with Gasteiger partial charge in [0.05, 0.1) is 11.8 Å². The minimum atomic E-state index is -0.0691. The third-order valence-electron chi connectivity index (χ3n) is 4.88. The smallest absolute Gasteiger partial charge is 0.257 e. The normalized spacial score (nSPS) is 26.8. The van der Waals surface area contributed by atoms with Gasteiger partial charge in [0.15, 0.2) is 5.65 Å². The zero-order valence-corrected chi connectivity index (χ0v) is 13.1. The molecule has 1 saturated carbocycles. The van der Waals surface area contributed by atoms with E-state index in [1.165, 1.54) is 0 Å². The first kappa shape index (κ1) is 13.7. The van der Waals surface area contributed by atoms with Gasteiger partial charge in [-0.3, -0.25) is 4.79 Å². The molecule has 2 aromatic heterocycles. The predicted molar refractivity (Wildman–Crippen MR) is 80.9 cm³/mol. The molecule has 1 N–H and O–H groups in total. The van der Waals surface area contributed by atoms with Crippen molar-refractivity contribution in [1.29, 1.82) is 0 Å². The number of fused-ring (bicyclic) bond motifs is 2. The number of nitrogens with one attached hydrogen (secondary N) is 1. The zero-order valence-electron chi connectivity index (χ0n) is 13.1. The molecule has 2 aromatic rings. The van der Waals surface area contributed by atoms with Crippen molar-refractivity contribution >= 4 is 11.6 Å². The number of carbonyl (C=O) groups is 1. The van der Waals surface area contributed by atoms with Crippen LogP contribution in [-0.2, 0) is 4.74 Å². The van der Waals surface area contributed by atoms with Gasteiger partial charge in [0.1, 0.15) is 5.56 Å². The van der Waals surface area contributed by atoms with E-state index in [4.69, 9.17) is 4.74 Å². The van der Waals surface area contributed by atoms with Crippen LogP contribution < -0.4 is 5.32 Å². The maximum absolute atomic E-state index is 12.7. The van der Waals surface area contributed by atoms with E-state index in [9.17, 15) is 4.79 Å². The molecule has 6 nitrogen and oxygen atoms in total. The van der Waals surface area contributed by atoms with Crippen LogP contribution in [0.3, 0.4) is 0 Å². The fourth-order valence-corrected chi connectivity index (χ4v) is 3.70. The van der Waals surface area contributed by atoms with Crippen LogP contribution in [0.2, 0.25) is 0 Å². The lowest BCUT2D eigenvalue weighted by Crippen LogP contribution is -2.53. The molecule has 3 heterocycles. The molecule has 4 rings (SSSR count). The van der Waals surface area contributed by atoms with Gasteiger partial charge in [0.2, 0.25) is 0 Å². The number of nitrogens with zero attached hydrogens (tertiary/aromatic N) is 3. The van der Waals surface area contributed by atoms with Crippen molar-refractivity contribution < 1.29 is 9.53 Å². The first-order valence-corrected chi connectivity index (χ1v) is 7.80. The number of hydrogen-bond donors (Lipinski definition) is 1. The van der Waals surface area contributed by atoms with Crippen LogP contribution in [-0.4, -0.2) is 39.3 Å². The molecule has 116 valence electrons. The summed E-state index contributed by atoms with van der Waals surface area (Å²) in [5, 5.41) is 7.61. The van der Waals surface area contributed by atoms with Gasteiger partial charge < -0.3 is 10.1 Å². The van der Waals surface area contributed by atoms with Crippen LogP contribution in [0.4, 0.5) is 0 Å². The number of aryl methyl sites for hydroxylation is 3. The standard InChI is InChI=1S/C16H20N4O2/c1-8-6-9(2)20-15(17-8)14(10(3)19-20)16(21)18-12-7-13-11(12)4-5-22-13/h6,11-13H,4-5,7H2,1-3H3,(H,18,21)/t11-,12+,13+/m1/s1. The Morgan fingerprint density at radius 1 is 1.41 bits per heavy atom. The Bertz CT molecular complexity index is 767. The molecule has 0 spiro atoms. The summed E-state index contributed by atoms with van der Waals surface area (Å²) in [6.45, 7) is 6.59. The van der Waals surface area contributed by atoms with E-state index in [0.717, 1.165) is 36.5 Å². The van der Waals surface area contributed by atoms with Crippen molar-refractivity contribution in [1.82, 2.24) is 19.9 Å².